The smallest absolute Gasteiger partial charge is 0.273 e. The molecule has 3 N–H and O–H groups in total. The van der Waals surface area contributed by atoms with Crippen molar-refractivity contribution < 1.29 is 14.6 Å². The molecule has 1 aromatic heterocycles. The first-order chi connectivity index (χ1) is 10.2. The molecule has 0 bridgehead atoms. The second-order valence-corrected chi connectivity index (χ2v) is 5.22. The summed E-state index contributed by atoms with van der Waals surface area (Å²) in [4.78, 5) is 11.9. The third-order valence-corrected chi connectivity index (χ3v) is 3.55. The predicted octanol–water partition coefficient (Wildman–Crippen LogP) is -0.670. The zero-order valence-corrected chi connectivity index (χ0v) is 12.3. The van der Waals surface area contributed by atoms with Crippen LogP contribution in [-0.2, 0) is 4.74 Å². The first-order valence-corrected chi connectivity index (χ1v) is 7.28. The van der Waals surface area contributed by atoms with Gasteiger partial charge in [-0.3, -0.25) is 4.79 Å². The number of aliphatic hydroxyl groups is 1. The maximum Gasteiger partial charge on any atom is 0.273 e. The normalized spacial score (nSPS) is 17.6. The van der Waals surface area contributed by atoms with Crippen molar-refractivity contribution in [1.82, 2.24) is 25.6 Å². The van der Waals surface area contributed by atoms with Gasteiger partial charge < -0.3 is 20.5 Å². The molecule has 1 amide bonds. The number of amides is 1. The zero-order chi connectivity index (χ0) is 15.1. The van der Waals surface area contributed by atoms with E-state index in [2.05, 4.69) is 20.9 Å². The highest BCUT2D eigenvalue weighted by Gasteiger charge is 2.18. The summed E-state index contributed by atoms with van der Waals surface area (Å²) < 4.78 is 6.60. The Morgan fingerprint density at radius 3 is 3.10 bits per heavy atom. The third kappa shape index (κ3) is 4.76. The van der Waals surface area contributed by atoms with Crippen LogP contribution in [0.1, 0.15) is 35.8 Å². The van der Waals surface area contributed by atoms with Crippen molar-refractivity contribution in [3.05, 3.63) is 11.9 Å². The fraction of sp³-hybridized carbons (Fsp3) is 0.769. The third-order valence-electron chi connectivity index (χ3n) is 3.55. The fourth-order valence-electron chi connectivity index (χ4n) is 2.35. The molecule has 2 heterocycles. The summed E-state index contributed by atoms with van der Waals surface area (Å²) >= 11 is 0. The van der Waals surface area contributed by atoms with E-state index in [9.17, 15) is 9.90 Å². The Balaban J connectivity index is 1.78. The van der Waals surface area contributed by atoms with E-state index >= 15 is 0 Å². The number of nitrogens with zero attached hydrogens (tertiary/aromatic N) is 3. The molecule has 0 aromatic carbocycles. The van der Waals surface area contributed by atoms with Crippen molar-refractivity contribution in [3.63, 3.8) is 0 Å². The number of rotatable bonds is 7. The molecule has 0 aliphatic carbocycles. The highest BCUT2D eigenvalue weighted by molar-refractivity contribution is 5.91. The quantitative estimate of drug-likeness (QED) is 0.617. The van der Waals surface area contributed by atoms with Gasteiger partial charge in [0.2, 0.25) is 0 Å². The first-order valence-electron chi connectivity index (χ1n) is 7.28. The summed E-state index contributed by atoms with van der Waals surface area (Å²) in [7, 11) is 1.53. The van der Waals surface area contributed by atoms with Crippen molar-refractivity contribution in [1.29, 1.82) is 0 Å². The molecule has 8 nitrogen and oxygen atoms in total. The second-order valence-electron chi connectivity index (χ2n) is 5.22. The Morgan fingerprint density at radius 2 is 2.38 bits per heavy atom. The van der Waals surface area contributed by atoms with Gasteiger partial charge in [-0.25, -0.2) is 4.68 Å². The van der Waals surface area contributed by atoms with Crippen LogP contribution in [0.25, 0.3) is 0 Å². The number of methoxy groups -OCH3 is 1. The number of ether oxygens (including phenoxy) is 1. The molecule has 1 fully saturated rings. The average molecular weight is 297 g/mol. The lowest BCUT2D eigenvalue weighted by Gasteiger charge is -2.22. The van der Waals surface area contributed by atoms with E-state index in [4.69, 9.17) is 4.74 Å². The SMILES string of the molecule is COCC(O)CCNC(=O)c1cn(C2CCNCC2)nn1. The molecule has 0 saturated carbocycles. The van der Waals surface area contributed by atoms with E-state index < -0.39 is 6.10 Å². The van der Waals surface area contributed by atoms with E-state index in [0.29, 0.717) is 24.7 Å². The Labute approximate surface area is 123 Å². The summed E-state index contributed by atoms with van der Waals surface area (Å²) in [6, 6.07) is 0.309. The lowest BCUT2D eigenvalue weighted by molar-refractivity contribution is 0.0587. The van der Waals surface area contributed by atoms with Crippen LogP contribution in [0.5, 0.6) is 0 Å². The molecular weight excluding hydrogens is 274 g/mol. The van der Waals surface area contributed by atoms with Crippen molar-refractivity contribution in [2.75, 3.05) is 33.4 Å². The standard InChI is InChI=1S/C13H23N5O3/c1-21-9-11(19)4-7-15-13(20)12-8-18(17-16-12)10-2-5-14-6-3-10/h8,10-11,14,19H,2-7,9H2,1H3,(H,15,20). The maximum atomic E-state index is 11.9. The van der Waals surface area contributed by atoms with Gasteiger partial charge in [0.25, 0.3) is 5.91 Å². The summed E-state index contributed by atoms with van der Waals surface area (Å²) in [5.41, 5.74) is 0.315. The van der Waals surface area contributed by atoms with Gasteiger partial charge in [-0.1, -0.05) is 5.21 Å². The number of aromatic nitrogens is 3. The molecular formula is C13H23N5O3. The monoisotopic (exact) mass is 297 g/mol. The van der Waals surface area contributed by atoms with E-state index in [1.807, 2.05) is 0 Å². The summed E-state index contributed by atoms with van der Waals surface area (Å²) in [6.07, 6.45) is 3.56. The molecule has 1 unspecified atom stereocenters. The van der Waals surface area contributed by atoms with Crippen molar-refractivity contribution in [2.24, 2.45) is 0 Å². The number of carbonyl (C=O) groups is 1. The van der Waals surface area contributed by atoms with Crippen LogP contribution in [0.4, 0.5) is 0 Å². The summed E-state index contributed by atoms with van der Waals surface area (Å²) in [5.74, 6) is -0.264. The van der Waals surface area contributed by atoms with Gasteiger partial charge in [0.05, 0.1) is 24.9 Å². The van der Waals surface area contributed by atoms with Gasteiger partial charge in [0.1, 0.15) is 0 Å². The van der Waals surface area contributed by atoms with Gasteiger partial charge in [0.15, 0.2) is 5.69 Å². The predicted molar refractivity (Wildman–Crippen MR) is 76.0 cm³/mol. The van der Waals surface area contributed by atoms with Crippen LogP contribution in [0, 0.1) is 0 Å². The van der Waals surface area contributed by atoms with Gasteiger partial charge in [-0.2, -0.15) is 0 Å². The number of hydrogen-bond acceptors (Lipinski definition) is 6. The molecule has 2 rings (SSSR count). The molecule has 21 heavy (non-hydrogen) atoms. The molecule has 1 atom stereocenters. The Hall–Kier alpha value is -1.51. The van der Waals surface area contributed by atoms with Gasteiger partial charge in [-0.15, -0.1) is 5.10 Å². The zero-order valence-electron chi connectivity index (χ0n) is 12.3. The van der Waals surface area contributed by atoms with Crippen LogP contribution < -0.4 is 10.6 Å². The highest BCUT2D eigenvalue weighted by Crippen LogP contribution is 2.16. The minimum absolute atomic E-state index is 0.264. The van der Waals surface area contributed by atoms with Crippen LogP contribution in [0.3, 0.4) is 0 Å². The van der Waals surface area contributed by atoms with Gasteiger partial charge >= 0.3 is 0 Å². The largest absolute Gasteiger partial charge is 0.391 e. The van der Waals surface area contributed by atoms with Crippen molar-refractivity contribution in [3.8, 4) is 0 Å². The molecule has 1 aliphatic rings. The molecule has 8 heteroatoms. The minimum atomic E-state index is -0.569. The van der Waals surface area contributed by atoms with E-state index in [1.165, 1.54) is 7.11 Å². The first kappa shape index (κ1) is 15.9. The summed E-state index contributed by atoms with van der Waals surface area (Å²) in [5, 5.41) is 23.5. The van der Waals surface area contributed by atoms with E-state index in [0.717, 1.165) is 25.9 Å². The van der Waals surface area contributed by atoms with Crippen molar-refractivity contribution in [2.45, 2.75) is 31.4 Å². The lowest BCUT2D eigenvalue weighted by Crippen LogP contribution is -2.30. The number of aliphatic hydroxyl groups excluding tert-OH is 1. The molecule has 0 radical (unpaired) electrons. The van der Waals surface area contributed by atoms with Crippen LogP contribution >= 0.6 is 0 Å². The number of hydrogen-bond donors (Lipinski definition) is 3. The van der Waals surface area contributed by atoms with Crippen molar-refractivity contribution >= 4 is 5.91 Å². The average Bonchev–Trinajstić information content (AvgIpc) is 2.98. The van der Waals surface area contributed by atoms with Crippen LogP contribution in [0.15, 0.2) is 6.20 Å². The Kier molecular flexibility index (Phi) is 6.09. The number of carbonyl (C=O) groups excluding carboxylic acids is 1. The second kappa shape index (κ2) is 8.06. The fourth-order valence-corrected chi connectivity index (χ4v) is 2.35. The molecule has 1 aromatic rings. The Morgan fingerprint density at radius 1 is 1.62 bits per heavy atom. The molecule has 0 spiro atoms. The minimum Gasteiger partial charge on any atom is -0.391 e. The molecule has 1 aliphatic heterocycles. The van der Waals surface area contributed by atoms with Crippen LogP contribution in [-0.4, -0.2) is 65.5 Å². The van der Waals surface area contributed by atoms with Gasteiger partial charge in [-0.05, 0) is 32.4 Å². The molecule has 1 saturated heterocycles. The van der Waals surface area contributed by atoms with E-state index in [-0.39, 0.29) is 12.5 Å². The maximum absolute atomic E-state index is 11.9. The number of nitrogens with one attached hydrogen (secondary N) is 2. The van der Waals surface area contributed by atoms with Crippen LogP contribution in [0.2, 0.25) is 0 Å². The van der Waals surface area contributed by atoms with Gasteiger partial charge in [0, 0.05) is 13.7 Å². The molecule has 118 valence electrons. The summed E-state index contributed by atoms with van der Waals surface area (Å²) in [6.45, 7) is 2.57. The van der Waals surface area contributed by atoms with E-state index in [1.54, 1.807) is 10.9 Å². The topological polar surface area (TPSA) is 101 Å². The lowest BCUT2D eigenvalue weighted by atomic mass is 10.1. The number of piperidine rings is 1. The Bertz CT molecular complexity index is 445. The highest BCUT2D eigenvalue weighted by atomic mass is 16.5.